The predicted octanol–water partition coefficient (Wildman–Crippen LogP) is 4.84. The van der Waals surface area contributed by atoms with E-state index in [1.807, 2.05) is 32.9 Å². The zero-order valence-electron chi connectivity index (χ0n) is 19.5. The van der Waals surface area contributed by atoms with Crippen molar-refractivity contribution in [3.63, 3.8) is 0 Å². The van der Waals surface area contributed by atoms with Crippen LogP contribution >= 0.6 is 0 Å². The molecule has 7 heteroatoms. The van der Waals surface area contributed by atoms with E-state index in [0.29, 0.717) is 30.3 Å². The number of ether oxygens (including phenoxy) is 1. The van der Waals surface area contributed by atoms with Crippen molar-refractivity contribution in [2.45, 2.75) is 51.5 Å². The molecule has 0 radical (unpaired) electrons. The Labute approximate surface area is 197 Å². The molecule has 174 valence electrons. The summed E-state index contributed by atoms with van der Waals surface area (Å²) >= 11 is 0. The Balaban J connectivity index is 1.65. The molecule has 2 aliphatic heterocycles. The van der Waals surface area contributed by atoms with Crippen molar-refractivity contribution in [2.75, 3.05) is 24.1 Å². The number of sulfonamides is 1. The SMILES string of the molecule is Cc1ccc(N(CC(C)C)S(=O)(=O)c2ccc3c(c2)CN=C3CC2CCOCC2)c(C#N)c1. The van der Waals surface area contributed by atoms with E-state index in [-0.39, 0.29) is 10.8 Å². The number of anilines is 1. The topological polar surface area (TPSA) is 82.8 Å². The van der Waals surface area contributed by atoms with Crippen LogP contribution in [0.15, 0.2) is 46.3 Å². The van der Waals surface area contributed by atoms with Gasteiger partial charge >= 0.3 is 0 Å². The highest BCUT2D eigenvalue weighted by Crippen LogP contribution is 2.32. The molecule has 0 saturated carbocycles. The fourth-order valence-corrected chi connectivity index (χ4v) is 6.25. The van der Waals surface area contributed by atoms with E-state index >= 15 is 0 Å². The van der Waals surface area contributed by atoms with Gasteiger partial charge in [0.05, 0.1) is 22.7 Å². The summed E-state index contributed by atoms with van der Waals surface area (Å²) in [5, 5.41) is 9.66. The van der Waals surface area contributed by atoms with Crippen LogP contribution in [0.25, 0.3) is 0 Å². The number of benzene rings is 2. The van der Waals surface area contributed by atoms with Crippen molar-refractivity contribution >= 4 is 21.4 Å². The molecule has 0 aromatic heterocycles. The number of rotatable bonds is 7. The van der Waals surface area contributed by atoms with Crippen LogP contribution < -0.4 is 4.31 Å². The number of hydrogen-bond acceptors (Lipinski definition) is 5. The largest absolute Gasteiger partial charge is 0.381 e. The number of fused-ring (bicyclic) bond motifs is 1. The molecule has 0 unspecified atom stereocenters. The Hall–Kier alpha value is -2.69. The second kappa shape index (κ2) is 9.66. The molecular weight excluding hydrogens is 434 g/mol. The molecule has 0 spiro atoms. The number of nitrogens with zero attached hydrogens (tertiary/aromatic N) is 3. The van der Waals surface area contributed by atoms with Gasteiger partial charge < -0.3 is 4.74 Å². The lowest BCUT2D eigenvalue weighted by molar-refractivity contribution is 0.0685. The van der Waals surface area contributed by atoms with E-state index in [1.54, 1.807) is 24.3 Å². The minimum atomic E-state index is -3.85. The lowest BCUT2D eigenvalue weighted by Gasteiger charge is -2.27. The Kier molecular flexibility index (Phi) is 6.87. The summed E-state index contributed by atoms with van der Waals surface area (Å²) in [7, 11) is -3.85. The van der Waals surface area contributed by atoms with Gasteiger partial charge in [0.1, 0.15) is 6.07 Å². The minimum Gasteiger partial charge on any atom is -0.381 e. The molecular formula is C26H31N3O3S. The van der Waals surface area contributed by atoms with Crippen LogP contribution in [0.4, 0.5) is 5.69 Å². The number of hydrogen-bond donors (Lipinski definition) is 0. The van der Waals surface area contributed by atoms with Crippen LogP contribution in [0, 0.1) is 30.1 Å². The molecule has 33 heavy (non-hydrogen) atoms. The highest BCUT2D eigenvalue weighted by molar-refractivity contribution is 7.92. The third-order valence-corrected chi connectivity index (χ3v) is 8.09. The van der Waals surface area contributed by atoms with Gasteiger partial charge in [-0.3, -0.25) is 9.30 Å². The molecule has 0 bridgehead atoms. The van der Waals surface area contributed by atoms with Gasteiger partial charge in [0.15, 0.2) is 0 Å². The van der Waals surface area contributed by atoms with E-state index < -0.39 is 10.0 Å². The summed E-state index contributed by atoms with van der Waals surface area (Å²) in [4.78, 5) is 4.98. The number of nitriles is 1. The normalized spacial score (nSPS) is 16.4. The van der Waals surface area contributed by atoms with Crippen LogP contribution in [0.5, 0.6) is 0 Å². The Morgan fingerprint density at radius 1 is 1.18 bits per heavy atom. The monoisotopic (exact) mass is 465 g/mol. The Morgan fingerprint density at radius 3 is 2.64 bits per heavy atom. The van der Waals surface area contributed by atoms with E-state index in [4.69, 9.17) is 9.73 Å². The molecule has 0 atom stereocenters. The lowest BCUT2D eigenvalue weighted by atomic mass is 9.91. The first-order chi connectivity index (χ1) is 15.8. The third kappa shape index (κ3) is 4.97. The third-order valence-electron chi connectivity index (χ3n) is 6.31. The van der Waals surface area contributed by atoms with Crippen molar-refractivity contribution in [1.29, 1.82) is 5.26 Å². The molecule has 1 fully saturated rings. The first-order valence-electron chi connectivity index (χ1n) is 11.6. The van der Waals surface area contributed by atoms with E-state index in [2.05, 4.69) is 6.07 Å². The van der Waals surface area contributed by atoms with Gasteiger partial charge in [0, 0.05) is 31.0 Å². The molecule has 4 rings (SSSR count). The average Bonchev–Trinajstić information content (AvgIpc) is 3.20. The average molecular weight is 466 g/mol. The number of aliphatic imine (C=N–C) groups is 1. The van der Waals surface area contributed by atoms with Gasteiger partial charge in [0.25, 0.3) is 10.0 Å². The number of aryl methyl sites for hydroxylation is 1. The predicted molar refractivity (Wildman–Crippen MR) is 130 cm³/mol. The van der Waals surface area contributed by atoms with Crippen LogP contribution in [-0.2, 0) is 21.3 Å². The summed E-state index contributed by atoms with van der Waals surface area (Å²) in [5.41, 5.74) is 4.79. The Morgan fingerprint density at radius 2 is 1.94 bits per heavy atom. The highest BCUT2D eigenvalue weighted by atomic mass is 32.2. The molecule has 0 aliphatic carbocycles. The van der Waals surface area contributed by atoms with E-state index in [9.17, 15) is 13.7 Å². The van der Waals surface area contributed by atoms with Gasteiger partial charge in [-0.05, 0) is 73.4 Å². The first kappa shape index (κ1) is 23.5. The van der Waals surface area contributed by atoms with E-state index in [1.165, 1.54) is 4.31 Å². The molecule has 2 heterocycles. The minimum absolute atomic E-state index is 0.0939. The van der Waals surface area contributed by atoms with Gasteiger partial charge in [0.2, 0.25) is 0 Å². The Bertz CT molecular complexity index is 1210. The fourth-order valence-electron chi connectivity index (χ4n) is 4.55. The van der Waals surface area contributed by atoms with Crippen molar-refractivity contribution in [1.82, 2.24) is 0 Å². The summed E-state index contributed by atoms with van der Waals surface area (Å²) < 4.78 is 34.4. The van der Waals surface area contributed by atoms with E-state index in [0.717, 1.165) is 54.9 Å². The molecule has 0 amide bonds. The lowest BCUT2D eigenvalue weighted by Crippen LogP contribution is -2.35. The zero-order chi connectivity index (χ0) is 23.6. The second-order valence-electron chi connectivity index (χ2n) is 9.40. The molecule has 2 aromatic carbocycles. The van der Waals surface area contributed by atoms with Gasteiger partial charge in [-0.1, -0.05) is 26.0 Å². The smallest absolute Gasteiger partial charge is 0.264 e. The van der Waals surface area contributed by atoms with Crippen LogP contribution in [0.2, 0.25) is 0 Å². The maximum Gasteiger partial charge on any atom is 0.264 e. The molecule has 1 saturated heterocycles. The molecule has 6 nitrogen and oxygen atoms in total. The van der Waals surface area contributed by atoms with Crippen molar-refractivity contribution in [3.8, 4) is 6.07 Å². The first-order valence-corrected chi connectivity index (χ1v) is 13.0. The van der Waals surface area contributed by atoms with Gasteiger partial charge in [-0.25, -0.2) is 8.42 Å². The molecule has 0 N–H and O–H groups in total. The van der Waals surface area contributed by atoms with Crippen LogP contribution in [0.3, 0.4) is 0 Å². The summed E-state index contributed by atoms with van der Waals surface area (Å²) in [5.74, 6) is 0.663. The maximum absolute atomic E-state index is 13.8. The van der Waals surface area contributed by atoms with Crippen LogP contribution in [0.1, 0.15) is 55.4 Å². The van der Waals surface area contributed by atoms with Gasteiger partial charge in [-0.2, -0.15) is 5.26 Å². The van der Waals surface area contributed by atoms with Gasteiger partial charge in [-0.15, -0.1) is 0 Å². The maximum atomic E-state index is 13.8. The summed E-state index contributed by atoms with van der Waals surface area (Å²) in [6.45, 7) is 8.25. The summed E-state index contributed by atoms with van der Waals surface area (Å²) in [6.07, 6.45) is 3.00. The standard InChI is InChI=1S/C26H31N3O3S/c1-18(2)17-29(26-7-4-19(3)12-21(26)15-27)33(30,31)23-5-6-24-22(14-23)16-28-25(24)13-20-8-10-32-11-9-20/h4-7,12,14,18,20H,8-11,13,16-17H2,1-3H3. The van der Waals surface area contributed by atoms with Crippen LogP contribution in [-0.4, -0.2) is 33.9 Å². The fraction of sp³-hybridized carbons (Fsp3) is 0.462. The summed E-state index contributed by atoms with van der Waals surface area (Å²) in [6, 6.07) is 12.8. The molecule has 2 aromatic rings. The zero-order valence-corrected chi connectivity index (χ0v) is 20.4. The second-order valence-corrected chi connectivity index (χ2v) is 11.3. The highest BCUT2D eigenvalue weighted by Gasteiger charge is 2.30. The molecule has 2 aliphatic rings. The van der Waals surface area contributed by atoms with Crippen molar-refractivity contribution in [2.24, 2.45) is 16.8 Å². The van der Waals surface area contributed by atoms with Crippen molar-refractivity contribution < 1.29 is 13.2 Å². The quantitative estimate of drug-likeness (QED) is 0.586. The van der Waals surface area contributed by atoms with Crippen molar-refractivity contribution in [3.05, 3.63) is 58.7 Å².